The molecule has 0 aromatic carbocycles. The molecule has 0 spiro atoms. The lowest BCUT2D eigenvalue weighted by molar-refractivity contribution is -0.142. The fourth-order valence-corrected chi connectivity index (χ4v) is 1.43. The van der Waals surface area contributed by atoms with Crippen LogP contribution in [0.25, 0.3) is 0 Å². The molecule has 0 N–H and O–H groups in total. The molecule has 0 aromatic heterocycles. The van der Waals surface area contributed by atoms with Crippen LogP contribution < -0.4 is 0 Å². The minimum absolute atomic E-state index is 0.0118. The van der Waals surface area contributed by atoms with E-state index in [1.54, 1.807) is 19.0 Å². The van der Waals surface area contributed by atoms with Crippen LogP contribution in [-0.4, -0.2) is 105 Å². The summed E-state index contributed by atoms with van der Waals surface area (Å²) in [6.45, 7) is -0.0106. The van der Waals surface area contributed by atoms with Crippen molar-refractivity contribution in [1.82, 2.24) is 19.6 Å². The van der Waals surface area contributed by atoms with Crippen molar-refractivity contribution in [2.24, 2.45) is 0 Å². The van der Waals surface area contributed by atoms with Gasteiger partial charge in [0.15, 0.2) is 0 Å². The fourth-order valence-electron chi connectivity index (χ4n) is 1.43. The van der Waals surface area contributed by atoms with Gasteiger partial charge in [-0.2, -0.15) is 0 Å². The van der Waals surface area contributed by atoms with Crippen molar-refractivity contribution in [2.75, 3.05) is 61.4 Å². The maximum absolute atomic E-state index is 11.9. The number of carbonyl (C=O) groups excluding carboxylic acids is 4. The number of carbonyl (C=O) groups is 4. The summed E-state index contributed by atoms with van der Waals surface area (Å²) in [6, 6.07) is 0. The Bertz CT molecular complexity index is 398. The highest BCUT2D eigenvalue weighted by Gasteiger charge is 2.19. The molecular formula is C13H24N4O4. The molecular weight excluding hydrogens is 276 g/mol. The van der Waals surface area contributed by atoms with Crippen LogP contribution in [0.4, 0.5) is 0 Å². The van der Waals surface area contributed by atoms with Crippen LogP contribution in [0.2, 0.25) is 0 Å². The lowest BCUT2D eigenvalue weighted by atomic mass is 10.4. The first kappa shape index (κ1) is 19.0. The van der Waals surface area contributed by atoms with Crippen LogP contribution in [0.15, 0.2) is 0 Å². The summed E-state index contributed by atoms with van der Waals surface area (Å²) < 4.78 is 0. The first-order valence-electron chi connectivity index (χ1n) is 6.49. The zero-order chi connectivity index (χ0) is 16.6. The highest BCUT2D eigenvalue weighted by atomic mass is 16.2. The number of hydrogen-bond donors (Lipinski definition) is 0. The van der Waals surface area contributed by atoms with E-state index in [1.165, 1.54) is 35.8 Å². The van der Waals surface area contributed by atoms with Crippen molar-refractivity contribution in [3.63, 3.8) is 0 Å². The van der Waals surface area contributed by atoms with Crippen LogP contribution in [0.1, 0.15) is 0 Å². The molecule has 0 aliphatic heterocycles. The summed E-state index contributed by atoms with van der Waals surface area (Å²) in [5, 5.41) is 0. The maximum atomic E-state index is 11.9. The second-order valence-corrected chi connectivity index (χ2v) is 5.18. The van der Waals surface area contributed by atoms with E-state index in [9.17, 15) is 19.2 Å². The Morgan fingerprint density at radius 3 is 1.48 bits per heavy atom. The molecule has 21 heavy (non-hydrogen) atoms. The van der Waals surface area contributed by atoms with Gasteiger partial charge < -0.3 is 24.4 Å². The molecule has 0 fully saturated rings. The van der Waals surface area contributed by atoms with Gasteiger partial charge in [-0.15, -0.1) is 0 Å². The molecule has 0 atom stereocenters. The minimum atomic E-state index is -0.336. The molecule has 0 aromatic rings. The Labute approximate surface area is 125 Å². The van der Waals surface area contributed by atoms with E-state index in [4.69, 9.17) is 0 Å². The van der Waals surface area contributed by atoms with Gasteiger partial charge in [0.05, 0.1) is 26.2 Å². The summed E-state index contributed by atoms with van der Waals surface area (Å²) in [7, 11) is 8.04. The number of hydrogen-bond acceptors (Lipinski definition) is 5. The third kappa shape index (κ3) is 7.40. The summed E-state index contributed by atoms with van der Waals surface area (Å²) in [5.41, 5.74) is 0. The van der Waals surface area contributed by atoms with E-state index in [1.807, 2.05) is 0 Å². The molecule has 0 aliphatic rings. The smallest absolute Gasteiger partial charge is 0.242 e. The van der Waals surface area contributed by atoms with Gasteiger partial charge in [0.25, 0.3) is 0 Å². The number of aldehydes is 1. The van der Waals surface area contributed by atoms with E-state index in [2.05, 4.69) is 0 Å². The van der Waals surface area contributed by atoms with Gasteiger partial charge in [0.1, 0.15) is 6.29 Å². The Balaban J connectivity index is 4.35. The van der Waals surface area contributed by atoms with Gasteiger partial charge in [-0.1, -0.05) is 0 Å². The first-order valence-corrected chi connectivity index (χ1v) is 6.49. The van der Waals surface area contributed by atoms with Gasteiger partial charge >= 0.3 is 0 Å². The monoisotopic (exact) mass is 300 g/mol. The van der Waals surface area contributed by atoms with Gasteiger partial charge in [-0.05, 0) is 14.1 Å². The predicted octanol–water partition coefficient (Wildman–Crippen LogP) is -1.88. The lowest BCUT2D eigenvalue weighted by Crippen LogP contribution is -2.45. The van der Waals surface area contributed by atoms with Crippen LogP contribution in [0, 0.1) is 0 Å². The fraction of sp³-hybridized carbons (Fsp3) is 0.692. The van der Waals surface area contributed by atoms with Crippen molar-refractivity contribution >= 4 is 24.0 Å². The van der Waals surface area contributed by atoms with Gasteiger partial charge in [0.2, 0.25) is 17.7 Å². The van der Waals surface area contributed by atoms with Crippen LogP contribution in [0.5, 0.6) is 0 Å². The molecule has 8 nitrogen and oxygen atoms in total. The predicted molar refractivity (Wildman–Crippen MR) is 77.5 cm³/mol. The average molecular weight is 300 g/mol. The molecule has 0 bridgehead atoms. The molecule has 3 amide bonds. The molecule has 0 aliphatic carbocycles. The highest BCUT2D eigenvalue weighted by molar-refractivity contribution is 5.88. The van der Waals surface area contributed by atoms with E-state index in [0.29, 0.717) is 6.29 Å². The summed E-state index contributed by atoms with van der Waals surface area (Å²) in [4.78, 5) is 51.2. The molecule has 8 heteroatoms. The Kier molecular flexibility index (Phi) is 8.22. The second kappa shape index (κ2) is 9.06. The van der Waals surface area contributed by atoms with Crippen LogP contribution >= 0.6 is 0 Å². The number of nitrogens with zero attached hydrogens (tertiary/aromatic N) is 4. The standard InChI is InChI=1S/C13H24N4O4/c1-14(2)8-11(19)16(4)10-13(21)17(5)9-12(20)15(3)6-7-18/h7H,6,8-10H2,1-5H3. The lowest BCUT2D eigenvalue weighted by Gasteiger charge is -2.24. The van der Waals surface area contributed by atoms with Crippen molar-refractivity contribution in [1.29, 1.82) is 0 Å². The normalized spacial score (nSPS) is 10.2. The first-order chi connectivity index (χ1) is 9.68. The Morgan fingerprint density at radius 1 is 0.714 bits per heavy atom. The zero-order valence-electron chi connectivity index (χ0n) is 13.3. The molecule has 0 saturated carbocycles. The highest BCUT2D eigenvalue weighted by Crippen LogP contribution is 1.94. The molecule has 0 rings (SSSR count). The maximum Gasteiger partial charge on any atom is 0.242 e. The number of likely N-dealkylation sites (N-methyl/N-ethyl adjacent to an activating group) is 4. The summed E-state index contributed by atoms with van der Waals surface area (Å²) >= 11 is 0. The largest absolute Gasteiger partial charge is 0.337 e. The van der Waals surface area contributed by atoms with E-state index in [0.717, 1.165) is 0 Å². The second-order valence-electron chi connectivity index (χ2n) is 5.18. The SMILES string of the molecule is CN(C)CC(=O)N(C)CC(=O)N(C)CC(=O)N(C)CC=O. The third-order valence-electron chi connectivity index (χ3n) is 2.82. The summed E-state index contributed by atoms with van der Waals surface area (Å²) in [5.74, 6) is -0.844. The van der Waals surface area contributed by atoms with Crippen molar-refractivity contribution in [3.05, 3.63) is 0 Å². The Morgan fingerprint density at radius 2 is 1.10 bits per heavy atom. The van der Waals surface area contributed by atoms with E-state index < -0.39 is 0 Å². The molecule has 0 unspecified atom stereocenters. The zero-order valence-corrected chi connectivity index (χ0v) is 13.3. The molecule has 0 saturated heterocycles. The van der Waals surface area contributed by atoms with E-state index >= 15 is 0 Å². The van der Waals surface area contributed by atoms with Gasteiger partial charge in [0, 0.05) is 21.1 Å². The number of rotatable bonds is 8. The molecule has 0 heterocycles. The van der Waals surface area contributed by atoms with Crippen molar-refractivity contribution in [2.45, 2.75) is 0 Å². The average Bonchev–Trinajstić information content (AvgIpc) is 2.37. The molecule has 0 radical (unpaired) electrons. The topological polar surface area (TPSA) is 81.2 Å². The quantitative estimate of drug-likeness (QED) is 0.490. The third-order valence-corrected chi connectivity index (χ3v) is 2.82. The van der Waals surface area contributed by atoms with Crippen molar-refractivity contribution < 1.29 is 19.2 Å². The Hall–Kier alpha value is -1.96. The number of amides is 3. The van der Waals surface area contributed by atoms with Gasteiger partial charge in [-0.3, -0.25) is 14.4 Å². The van der Waals surface area contributed by atoms with Crippen molar-refractivity contribution in [3.8, 4) is 0 Å². The van der Waals surface area contributed by atoms with Gasteiger partial charge in [-0.25, -0.2) is 0 Å². The summed E-state index contributed by atoms with van der Waals surface area (Å²) in [6.07, 6.45) is 0.618. The van der Waals surface area contributed by atoms with Crippen LogP contribution in [0.3, 0.4) is 0 Å². The molecule has 120 valence electrons. The van der Waals surface area contributed by atoms with E-state index in [-0.39, 0.29) is 43.9 Å². The minimum Gasteiger partial charge on any atom is -0.337 e. The van der Waals surface area contributed by atoms with Crippen LogP contribution in [-0.2, 0) is 19.2 Å².